The maximum absolute atomic E-state index is 5.10. The third kappa shape index (κ3) is 8.60. The Morgan fingerprint density at radius 1 is 1.46 bits per heavy atom. The van der Waals surface area contributed by atoms with Gasteiger partial charge in [0.15, 0.2) is 0 Å². The van der Waals surface area contributed by atoms with E-state index in [9.17, 15) is 0 Å². The van der Waals surface area contributed by atoms with E-state index in [2.05, 4.69) is 25.8 Å². The lowest BCUT2D eigenvalue weighted by molar-refractivity contribution is 0.139. The van der Waals surface area contributed by atoms with Gasteiger partial charge in [-0.25, -0.2) is 0 Å². The predicted molar refractivity (Wildman–Crippen MR) is 61.5 cm³/mol. The fraction of sp³-hybridized carbons (Fsp3) is 1.00. The van der Waals surface area contributed by atoms with Gasteiger partial charge in [-0.1, -0.05) is 13.8 Å². The molecule has 0 radical (unpaired) electrons. The summed E-state index contributed by atoms with van der Waals surface area (Å²) in [6, 6.07) is 0. The van der Waals surface area contributed by atoms with E-state index in [4.69, 9.17) is 4.74 Å². The monoisotopic (exact) mass is 205 g/mol. The first-order valence-corrected chi connectivity index (χ1v) is 6.11. The van der Waals surface area contributed by atoms with E-state index < -0.39 is 0 Å². The van der Waals surface area contributed by atoms with Gasteiger partial charge < -0.3 is 9.64 Å². The zero-order chi connectivity index (χ0) is 10.1. The highest BCUT2D eigenvalue weighted by Crippen LogP contribution is 2.02. The summed E-state index contributed by atoms with van der Waals surface area (Å²) in [4.78, 5) is 2.38. The van der Waals surface area contributed by atoms with Gasteiger partial charge in [0.05, 0.1) is 0 Å². The fourth-order valence-electron chi connectivity index (χ4n) is 1.33. The Hall–Kier alpha value is 0.270. The van der Waals surface area contributed by atoms with Crippen molar-refractivity contribution in [2.24, 2.45) is 5.92 Å². The molecule has 0 aliphatic rings. The summed E-state index contributed by atoms with van der Waals surface area (Å²) in [7, 11) is 3.95. The summed E-state index contributed by atoms with van der Waals surface area (Å²) in [6.45, 7) is 7.63. The van der Waals surface area contributed by atoms with Crippen molar-refractivity contribution in [2.75, 3.05) is 45.4 Å². The van der Waals surface area contributed by atoms with Crippen molar-refractivity contribution in [3.63, 3.8) is 0 Å². The van der Waals surface area contributed by atoms with E-state index in [-0.39, 0.29) is 0 Å². The molecule has 0 aromatic carbocycles. The molecular formula is C10H23NOS. The maximum atomic E-state index is 5.10. The first-order chi connectivity index (χ1) is 6.20. The second-order valence-corrected chi connectivity index (χ2v) is 4.91. The SMILES string of the molecule is CCSCCN(C)CC(C)COC. The molecule has 0 amide bonds. The molecule has 80 valence electrons. The average molecular weight is 205 g/mol. The summed E-state index contributed by atoms with van der Waals surface area (Å²) in [5.74, 6) is 3.11. The van der Waals surface area contributed by atoms with Crippen LogP contribution < -0.4 is 0 Å². The number of methoxy groups -OCH3 is 1. The Morgan fingerprint density at radius 2 is 2.15 bits per heavy atom. The number of nitrogens with zero attached hydrogens (tertiary/aromatic N) is 1. The van der Waals surface area contributed by atoms with E-state index in [1.54, 1.807) is 7.11 Å². The molecule has 0 spiro atoms. The number of ether oxygens (including phenoxy) is 1. The van der Waals surface area contributed by atoms with Gasteiger partial charge in [0.25, 0.3) is 0 Å². The van der Waals surface area contributed by atoms with Crippen molar-refractivity contribution in [2.45, 2.75) is 13.8 Å². The molecule has 0 aliphatic heterocycles. The minimum atomic E-state index is 0.640. The Morgan fingerprint density at radius 3 is 2.69 bits per heavy atom. The first kappa shape index (κ1) is 13.3. The van der Waals surface area contributed by atoms with Gasteiger partial charge in [0.2, 0.25) is 0 Å². The summed E-state index contributed by atoms with van der Waals surface area (Å²) in [5.41, 5.74) is 0. The van der Waals surface area contributed by atoms with Crippen molar-refractivity contribution in [3.05, 3.63) is 0 Å². The molecule has 3 heteroatoms. The fourth-order valence-corrected chi connectivity index (χ4v) is 2.05. The van der Waals surface area contributed by atoms with Crippen LogP contribution in [0.25, 0.3) is 0 Å². The van der Waals surface area contributed by atoms with Crippen molar-refractivity contribution >= 4 is 11.8 Å². The van der Waals surface area contributed by atoms with Gasteiger partial charge >= 0.3 is 0 Å². The average Bonchev–Trinajstić information content (AvgIpc) is 2.05. The highest BCUT2D eigenvalue weighted by Gasteiger charge is 2.05. The number of rotatable bonds is 8. The van der Waals surface area contributed by atoms with E-state index in [1.807, 2.05) is 11.8 Å². The van der Waals surface area contributed by atoms with Gasteiger partial charge in [-0.05, 0) is 18.7 Å². The molecule has 1 atom stereocenters. The zero-order valence-corrected chi connectivity index (χ0v) is 10.2. The summed E-state index contributed by atoms with van der Waals surface area (Å²) >= 11 is 2.00. The lowest BCUT2D eigenvalue weighted by Gasteiger charge is -2.20. The van der Waals surface area contributed by atoms with Crippen LogP contribution in [0.3, 0.4) is 0 Å². The van der Waals surface area contributed by atoms with Crippen LogP contribution in [0, 0.1) is 5.92 Å². The van der Waals surface area contributed by atoms with Crippen LogP contribution in [0.4, 0.5) is 0 Å². The number of hydrogen-bond donors (Lipinski definition) is 0. The molecule has 0 saturated heterocycles. The third-order valence-electron chi connectivity index (χ3n) is 1.90. The van der Waals surface area contributed by atoms with Crippen LogP contribution in [0.2, 0.25) is 0 Å². The zero-order valence-electron chi connectivity index (χ0n) is 9.38. The molecule has 0 heterocycles. The summed E-state index contributed by atoms with van der Waals surface area (Å²) < 4.78 is 5.10. The molecule has 0 aliphatic carbocycles. The van der Waals surface area contributed by atoms with Crippen LogP contribution >= 0.6 is 11.8 Å². The largest absolute Gasteiger partial charge is 0.384 e. The third-order valence-corrected chi connectivity index (χ3v) is 2.78. The van der Waals surface area contributed by atoms with Crippen LogP contribution in [0.5, 0.6) is 0 Å². The first-order valence-electron chi connectivity index (χ1n) is 4.95. The maximum Gasteiger partial charge on any atom is 0.0500 e. The topological polar surface area (TPSA) is 12.5 Å². The number of thioether (sulfide) groups is 1. The van der Waals surface area contributed by atoms with E-state index in [0.29, 0.717) is 5.92 Å². The van der Waals surface area contributed by atoms with Crippen molar-refractivity contribution in [1.82, 2.24) is 4.90 Å². The standard InChI is InChI=1S/C10H23NOS/c1-5-13-7-6-11(3)8-10(2)9-12-4/h10H,5-9H2,1-4H3. The predicted octanol–water partition coefficient (Wildman–Crippen LogP) is 1.95. The van der Waals surface area contributed by atoms with Crippen molar-refractivity contribution in [3.8, 4) is 0 Å². The Labute approximate surface area is 87.0 Å². The molecule has 0 aromatic heterocycles. The van der Waals surface area contributed by atoms with Gasteiger partial charge in [0.1, 0.15) is 0 Å². The van der Waals surface area contributed by atoms with Gasteiger partial charge in [0, 0.05) is 32.6 Å². The summed E-state index contributed by atoms with van der Waals surface area (Å²) in [6.07, 6.45) is 0. The van der Waals surface area contributed by atoms with Crippen LogP contribution in [0.15, 0.2) is 0 Å². The molecule has 2 nitrogen and oxygen atoms in total. The normalized spacial score (nSPS) is 13.6. The van der Waals surface area contributed by atoms with Gasteiger partial charge in [-0.3, -0.25) is 0 Å². The molecular weight excluding hydrogens is 182 g/mol. The highest BCUT2D eigenvalue weighted by atomic mass is 32.2. The lowest BCUT2D eigenvalue weighted by atomic mass is 10.2. The Bertz CT molecular complexity index is 111. The van der Waals surface area contributed by atoms with E-state index in [1.165, 1.54) is 18.1 Å². The molecule has 0 saturated carbocycles. The van der Waals surface area contributed by atoms with Crippen molar-refractivity contribution < 1.29 is 4.74 Å². The molecule has 0 fully saturated rings. The Kier molecular flexibility index (Phi) is 9.03. The van der Waals surface area contributed by atoms with E-state index >= 15 is 0 Å². The second-order valence-electron chi connectivity index (χ2n) is 3.52. The quantitative estimate of drug-likeness (QED) is 0.562. The van der Waals surface area contributed by atoms with Crippen LogP contribution in [-0.4, -0.2) is 50.3 Å². The molecule has 13 heavy (non-hydrogen) atoms. The lowest BCUT2D eigenvalue weighted by Crippen LogP contribution is -2.28. The molecule has 0 aromatic rings. The molecule has 0 N–H and O–H groups in total. The minimum absolute atomic E-state index is 0.640. The second kappa shape index (κ2) is 8.85. The van der Waals surface area contributed by atoms with Crippen LogP contribution in [0.1, 0.15) is 13.8 Å². The van der Waals surface area contributed by atoms with E-state index in [0.717, 1.165) is 13.2 Å². The summed E-state index contributed by atoms with van der Waals surface area (Å²) in [5, 5.41) is 0. The van der Waals surface area contributed by atoms with Crippen LogP contribution in [-0.2, 0) is 4.74 Å². The van der Waals surface area contributed by atoms with Gasteiger partial charge in [-0.2, -0.15) is 11.8 Å². The Balaban J connectivity index is 3.32. The number of hydrogen-bond acceptors (Lipinski definition) is 3. The molecule has 1 unspecified atom stereocenters. The molecule has 0 rings (SSSR count). The molecule has 0 bridgehead atoms. The smallest absolute Gasteiger partial charge is 0.0500 e. The highest BCUT2D eigenvalue weighted by molar-refractivity contribution is 7.99. The van der Waals surface area contributed by atoms with Crippen molar-refractivity contribution in [1.29, 1.82) is 0 Å². The minimum Gasteiger partial charge on any atom is -0.384 e. The van der Waals surface area contributed by atoms with Gasteiger partial charge in [-0.15, -0.1) is 0 Å².